The van der Waals surface area contributed by atoms with Gasteiger partial charge >= 0.3 is 23.9 Å². The number of unbranched alkanes of at least 4 members (excludes halogenated alkanes) is 2. The molecular weight excluding hydrogens is 712 g/mol. The number of methoxy groups -OCH3 is 4. The summed E-state index contributed by atoms with van der Waals surface area (Å²) in [6.07, 6.45) is 5.51. The second-order valence-corrected chi connectivity index (χ2v) is 15.0. The molecule has 0 spiro atoms. The molecule has 2 fully saturated rings. The van der Waals surface area contributed by atoms with Crippen molar-refractivity contribution in [2.24, 2.45) is 0 Å². The molecule has 55 heavy (non-hydrogen) atoms. The van der Waals surface area contributed by atoms with Crippen LogP contribution in [0.2, 0.25) is 0 Å². The fourth-order valence-electron chi connectivity index (χ4n) is 7.33. The molecule has 0 amide bonds. The Bertz CT molecular complexity index is 1490. The van der Waals surface area contributed by atoms with Crippen LogP contribution in [0.4, 0.5) is 0 Å². The molecule has 2 aliphatic heterocycles. The van der Waals surface area contributed by atoms with Gasteiger partial charge in [0.2, 0.25) is 0 Å². The van der Waals surface area contributed by atoms with Crippen molar-refractivity contribution in [1.29, 1.82) is 0 Å². The fourth-order valence-corrected chi connectivity index (χ4v) is 7.33. The van der Waals surface area contributed by atoms with Crippen LogP contribution in [0, 0.1) is 0 Å². The van der Waals surface area contributed by atoms with Gasteiger partial charge in [0.25, 0.3) is 0 Å². The highest BCUT2D eigenvalue weighted by atomic mass is 16.6. The average Bonchev–Trinajstić information content (AvgIpc) is 3.18. The molecule has 0 saturated carbocycles. The Hall–Kier alpha value is -4.56. The second kappa shape index (κ2) is 20.9. The minimum atomic E-state index is -0.412. The zero-order valence-corrected chi connectivity index (χ0v) is 33.4. The Morgan fingerprint density at radius 3 is 1.36 bits per heavy atom. The number of carbonyl (C=O) groups excluding carboxylic acids is 4. The number of carbonyl (C=O) groups is 4. The molecule has 0 bridgehead atoms. The summed E-state index contributed by atoms with van der Waals surface area (Å²) in [5, 5.41) is 0. The minimum absolute atomic E-state index is 0.248. The number of hydrogen-bond acceptors (Lipinski definition) is 12. The third-order valence-electron chi connectivity index (χ3n) is 10.5. The molecule has 14 nitrogen and oxygen atoms in total. The molecule has 2 aliphatic rings. The monoisotopic (exact) mass is 772 g/mol. The summed E-state index contributed by atoms with van der Waals surface area (Å²) in [5.74, 6) is 0.684. The van der Waals surface area contributed by atoms with E-state index < -0.39 is 11.9 Å². The highest BCUT2D eigenvalue weighted by Crippen LogP contribution is 2.30. The van der Waals surface area contributed by atoms with E-state index in [9.17, 15) is 19.2 Å². The van der Waals surface area contributed by atoms with E-state index in [4.69, 9.17) is 37.9 Å². The van der Waals surface area contributed by atoms with Gasteiger partial charge in [-0.1, -0.05) is 0 Å². The van der Waals surface area contributed by atoms with Crippen molar-refractivity contribution in [3.63, 3.8) is 0 Å². The van der Waals surface area contributed by atoms with Crippen molar-refractivity contribution in [1.82, 2.24) is 0 Å². The highest BCUT2D eigenvalue weighted by Gasteiger charge is 2.35. The summed E-state index contributed by atoms with van der Waals surface area (Å²) in [6.45, 7) is 4.87. The van der Waals surface area contributed by atoms with E-state index >= 15 is 0 Å². The normalized spacial score (nSPS) is 22.1. The van der Waals surface area contributed by atoms with Crippen LogP contribution >= 0.6 is 0 Å². The first-order chi connectivity index (χ1) is 26.4. The van der Waals surface area contributed by atoms with Crippen LogP contribution in [0.3, 0.4) is 0 Å². The molecule has 14 heteroatoms. The van der Waals surface area contributed by atoms with Gasteiger partial charge < -0.3 is 46.9 Å². The Balaban J connectivity index is 1.05. The lowest BCUT2D eigenvalue weighted by molar-refractivity contribution is -0.916. The summed E-state index contributed by atoms with van der Waals surface area (Å²) in [4.78, 5) is 50.8. The van der Waals surface area contributed by atoms with E-state index in [-0.39, 0.29) is 37.0 Å². The first kappa shape index (κ1) is 43.2. The molecule has 2 aromatic carbocycles. The average molecular weight is 773 g/mol. The quantitative estimate of drug-likeness (QED) is 0.0775. The van der Waals surface area contributed by atoms with Gasteiger partial charge in [-0.3, -0.25) is 9.59 Å². The molecule has 0 radical (unpaired) electrons. The first-order valence-corrected chi connectivity index (χ1v) is 19.2. The molecule has 2 saturated heterocycles. The number of likely N-dealkylation sites (N-methyl/N-ethyl adjacent to an activating group) is 2. The van der Waals surface area contributed by atoms with Crippen molar-refractivity contribution < 1.29 is 66.0 Å². The molecule has 4 atom stereocenters. The summed E-state index contributed by atoms with van der Waals surface area (Å²) < 4.78 is 45.0. The van der Waals surface area contributed by atoms with E-state index in [1.54, 1.807) is 36.4 Å². The molecule has 0 aromatic heterocycles. The van der Waals surface area contributed by atoms with E-state index in [2.05, 4.69) is 14.1 Å². The number of quaternary nitrogens is 2. The van der Waals surface area contributed by atoms with Crippen molar-refractivity contribution in [2.45, 2.75) is 70.0 Å². The standard InChI is InChI=1S/C41H60N2O12/c1-42(20-10-12-32(28-42)54-40(46)30-14-16-34(48-3)36(26-30)50-5)22-18-38(44)52-24-8-7-9-25-53-39(45)19-23-43(2)21-11-13-33(29-43)55-41(47)31-15-17-35(49-4)37(27-31)51-6/h14-17,26-27,32-33H,7-13,18-25,28-29H2,1-6H3/q+2. The summed E-state index contributed by atoms with van der Waals surface area (Å²) in [5.41, 5.74) is 0.792. The predicted octanol–water partition coefficient (Wildman–Crippen LogP) is 4.99. The zero-order chi connectivity index (χ0) is 39.8. The third kappa shape index (κ3) is 13.3. The summed E-state index contributed by atoms with van der Waals surface area (Å²) >= 11 is 0. The van der Waals surface area contributed by atoms with Gasteiger partial charge in [0.1, 0.15) is 13.1 Å². The zero-order valence-electron chi connectivity index (χ0n) is 33.4. The van der Waals surface area contributed by atoms with Crippen LogP contribution in [0.25, 0.3) is 0 Å². The molecular formula is C41H60N2O12+2. The number of benzene rings is 2. The molecule has 0 N–H and O–H groups in total. The largest absolute Gasteiger partial charge is 0.493 e. The molecule has 4 rings (SSSR count). The van der Waals surface area contributed by atoms with E-state index in [1.807, 2.05) is 0 Å². The lowest BCUT2D eigenvalue weighted by Gasteiger charge is -2.40. The van der Waals surface area contributed by atoms with Crippen molar-refractivity contribution >= 4 is 23.9 Å². The molecule has 4 unspecified atom stereocenters. The van der Waals surface area contributed by atoms with E-state index in [0.29, 0.717) is 95.3 Å². The predicted molar refractivity (Wildman–Crippen MR) is 203 cm³/mol. The summed E-state index contributed by atoms with van der Waals surface area (Å²) in [7, 11) is 10.3. The van der Waals surface area contributed by atoms with Gasteiger partial charge in [-0.05, 0) is 68.5 Å². The highest BCUT2D eigenvalue weighted by molar-refractivity contribution is 5.91. The van der Waals surface area contributed by atoms with Crippen LogP contribution in [0.5, 0.6) is 23.0 Å². The SMILES string of the molecule is COc1ccc(C(=O)OC2CCC[N+](C)(CCC(=O)OCCCCCOC(=O)CC[N+]3(C)CCCC(OC(=O)c4ccc(OC)c(OC)c4)C3)C2)cc1OC. The Morgan fingerprint density at radius 2 is 0.982 bits per heavy atom. The first-order valence-electron chi connectivity index (χ1n) is 19.2. The topological polar surface area (TPSA) is 142 Å². The Kier molecular flexibility index (Phi) is 16.4. The van der Waals surface area contributed by atoms with Gasteiger partial charge in [-0.15, -0.1) is 0 Å². The van der Waals surface area contributed by atoms with Crippen LogP contribution in [-0.4, -0.2) is 140 Å². The lowest BCUT2D eigenvalue weighted by Crippen LogP contribution is -2.54. The van der Waals surface area contributed by atoms with Crippen molar-refractivity contribution in [3.8, 4) is 23.0 Å². The van der Waals surface area contributed by atoms with E-state index in [0.717, 1.165) is 45.2 Å². The lowest BCUT2D eigenvalue weighted by atomic mass is 10.0. The van der Waals surface area contributed by atoms with Gasteiger partial charge in [0.05, 0.1) is 106 Å². The number of piperidine rings is 2. The third-order valence-corrected chi connectivity index (χ3v) is 10.5. The van der Waals surface area contributed by atoms with Crippen LogP contribution in [-0.2, 0) is 28.5 Å². The maximum absolute atomic E-state index is 12.9. The summed E-state index contributed by atoms with van der Waals surface area (Å²) in [6, 6.07) is 9.90. The number of rotatable bonds is 20. The van der Waals surface area contributed by atoms with Gasteiger partial charge in [-0.25, -0.2) is 9.59 Å². The molecule has 0 aliphatic carbocycles. The number of nitrogens with zero attached hydrogens (tertiary/aromatic N) is 2. The minimum Gasteiger partial charge on any atom is -0.493 e. The van der Waals surface area contributed by atoms with Gasteiger partial charge in [-0.2, -0.15) is 0 Å². The molecule has 2 aromatic rings. The maximum atomic E-state index is 12.9. The maximum Gasteiger partial charge on any atom is 0.338 e. The molecule has 304 valence electrons. The fraction of sp³-hybridized carbons (Fsp3) is 0.610. The van der Waals surface area contributed by atoms with Gasteiger partial charge in [0.15, 0.2) is 35.2 Å². The number of esters is 4. The van der Waals surface area contributed by atoms with Crippen LogP contribution in [0.1, 0.15) is 78.5 Å². The van der Waals surface area contributed by atoms with Crippen molar-refractivity contribution in [3.05, 3.63) is 47.5 Å². The smallest absolute Gasteiger partial charge is 0.338 e. The van der Waals surface area contributed by atoms with Crippen LogP contribution in [0.15, 0.2) is 36.4 Å². The van der Waals surface area contributed by atoms with E-state index in [1.165, 1.54) is 28.4 Å². The molecule has 2 heterocycles. The number of hydrogen-bond donors (Lipinski definition) is 0. The number of ether oxygens (including phenoxy) is 8. The number of likely N-dealkylation sites (tertiary alicyclic amines) is 2. The van der Waals surface area contributed by atoms with Crippen molar-refractivity contribution in [2.75, 3.05) is 95.0 Å². The van der Waals surface area contributed by atoms with Gasteiger partial charge in [0, 0.05) is 12.8 Å². The second-order valence-electron chi connectivity index (χ2n) is 15.0. The van der Waals surface area contributed by atoms with Crippen LogP contribution < -0.4 is 18.9 Å². The Labute approximate surface area is 325 Å². The Morgan fingerprint density at radius 1 is 0.582 bits per heavy atom.